The van der Waals surface area contributed by atoms with Crippen LogP contribution in [-0.4, -0.2) is 37.7 Å². The minimum absolute atomic E-state index is 0.0413. The first kappa shape index (κ1) is 22.8. The zero-order chi connectivity index (χ0) is 21.5. The molecule has 0 aliphatic rings. The molecule has 2 rings (SSSR count). The summed E-state index contributed by atoms with van der Waals surface area (Å²) in [6, 6.07) is 12.9. The zero-order valence-corrected chi connectivity index (χ0v) is 18.1. The summed E-state index contributed by atoms with van der Waals surface area (Å²) in [4.78, 5) is 16.2. The highest BCUT2D eigenvalue weighted by atomic mass is 32.2. The maximum atomic E-state index is 11.9. The van der Waals surface area contributed by atoms with Crippen LogP contribution in [0.5, 0.6) is 5.75 Å². The monoisotopic (exact) mass is 420 g/mol. The van der Waals surface area contributed by atoms with Gasteiger partial charge in [-0.25, -0.2) is 13.4 Å². The molecule has 2 aromatic rings. The van der Waals surface area contributed by atoms with Crippen molar-refractivity contribution in [2.24, 2.45) is 0 Å². The molecule has 0 atom stereocenters. The Morgan fingerprint density at radius 2 is 1.76 bits per heavy atom. The van der Waals surface area contributed by atoms with Gasteiger partial charge in [-0.3, -0.25) is 4.79 Å². The lowest BCUT2D eigenvalue weighted by molar-refractivity contribution is -0.144. The van der Waals surface area contributed by atoms with Crippen LogP contribution in [-0.2, 0) is 38.3 Å². The Kier molecular flexibility index (Phi) is 7.75. The SMILES string of the molecule is CC(C)(C)NCC(=O)OCc1ccc(OCc2ccccc2)c(CS(C)(=O)=O)n1. The lowest BCUT2D eigenvalue weighted by atomic mass is 10.1. The van der Waals surface area contributed by atoms with Crippen LogP contribution in [0.1, 0.15) is 37.7 Å². The number of ether oxygens (including phenoxy) is 2. The number of benzene rings is 1. The van der Waals surface area contributed by atoms with E-state index in [1.807, 2.05) is 51.1 Å². The molecule has 8 heteroatoms. The molecular formula is C21H28N2O5S. The Bertz CT molecular complexity index is 922. The van der Waals surface area contributed by atoms with Crippen molar-refractivity contribution in [3.8, 4) is 5.75 Å². The maximum Gasteiger partial charge on any atom is 0.320 e. The van der Waals surface area contributed by atoms with Crippen molar-refractivity contribution < 1.29 is 22.7 Å². The van der Waals surface area contributed by atoms with Gasteiger partial charge in [0, 0.05) is 11.8 Å². The van der Waals surface area contributed by atoms with Gasteiger partial charge < -0.3 is 14.8 Å². The number of rotatable bonds is 9. The number of aromatic nitrogens is 1. The van der Waals surface area contributed by atoms with Crippen LogP contribution in [0.3, 0.4) is 0 Å². The molecule has 0 aliphatic heterocycles. The van der Waals surface area contributed by atoms with Crippen molar-refractivity contribution in [2.45, 2.75) is 45.3 Å². The fourth-order valence-electron chi connectivity index (χ4n) is 2.38. The summed E-state index contributed by atoms with van der Waals surface area (Å²) in [6.45, 7) is 6.19. The van der Waals surface area contributed by atoms with Crippen LogP contribution in [0.15, 0.2) is 42.5 Å². The third-order valence-corrected chi connectivity index (χ3v) is 4.57. The molecule has 29 heavy (non-hydrogen) atoms. The van der Waals surface area contributed by atoms with Gasteiger partial charge in [0.2, 0.25) is 0 Å². The van der Waals surface area contributed by atoms with Gasteiger partial charge in [-0.1, -0.05) is 30.3 Å². The van der Waals surface area contributed by atoms with Crippen LogP contribution in [0.4, 0.5) is 0 Å². The van der Waals surface area contributed by atoms with E-state index in [1.54, 1.807) is 12.1 Å². The highest BCUT2D eigenvalue weighted by molar-refractivity contribution is 7.89. The van der Waals surface area contributed by atoms with E-state index in [-0.39, 0.29) is 24.4 Å². The molecule has 7 nitrogen and oxygen atoms in total. The van der Waals surface area contributed by atoms with Crippen LogP contribution in [0.25, 0.3) is 0 Å². The van der Waals surface area contributed by atoms with E-state index in [9.17, 15) is 13.2 Å². The van der Waals surface area contributed by atoms with Crippen molar-refractivity contribution in [1.82, 2.24) is 10.3 Å². The first-order valence-corrected chi connectivity index (χ1v) is 11.3. The van der Waals surface area contributed by atoms with Gasteiger partial charge >= 0.3 is 5.97 Å². The molecule has 0 saturated carbocycles. The van der Waals surface area contributed by atoms with E-state index < -0.39 is 15.8 Å². The molecule has 0 fully saturated rings. The number of carbonyl (C=O) groups excluding carboxylic acids is 1. The Labute approximate surface area is 172 Å². The molecule has 0 spiro atoms. The smallest absolute Gasteiger partial charge is 0.320 e. The molecule has 1 aromatic heterocycles. The number of hydrogen-bond acceptors (Lipinski definition) is 7. The summed E-state index contributed by atoms with van der Waals surface area (Å²) in [5.41, 5.74) is 1.52. The summed E-state index contributed by atoms with van der Waals surface area (Å²) in [6.07, 6.45) is 1.14. The van der Waals surface area contributed by atoms with Gasteiger partial charge in [-0.05, 0) is 38.5 Å². The van der Waals surface area contributed by atoms with Gasteiger partial charge in [0.15, 0.2) is 9.84 Å². The Morgan fingerprint density at radius 3 is 2.38 bits per heavy atom. The van der Waals surface area contributed by atoms with E-state index in [2.05, 4.69) is 10.3 Å². The Morgan fingerprint density at radius 1 is 1.07 bits per heavy atom. The van der Waals surface area contributed by atoms with E-state index in [0.717, 1.165) is 11.8 Å². The number of nitrogens with zero attached hydrogens (tertiary/aromatic N) is 1. The first-order chi connectivity index (χ1) is 13.5. The van der Waals surface area contributed by atoms with Gasteiger partial charge in [0.1, 0.15) is 19.0 Å². The molecule has 158 valence electrons. The van der Waals surface area contributed by atoms with E-state index >= 15 is 0 Å². The normalized spacial score (nSPS) is 11.9. The zero-order valence-electron chi connectivity index (χ0n) is 17.3. The number of hydrogen-bond donors (Lipinski definition) is 1. The quantitative estimate of drug-likeness (QED) is 0.623. The number of pyridine rings is 1. The largest absolute Gasteiger partial charge is 0.487 e. The van der Waals surface area contributed by atoms with Crippen LogP contribution in [0, 0.1) is 0 Å². The highest BCUT2D eigenvalue weighted by Gasteiger charge is 2.16. The van der Waals surface area contributed by atoms with Crippen molar-refractivity contribution in [1.29, 1.82) is 0 Å². The average molecular weight is 421 g/mol. The summed E-state index contributed by atoms with van der Waals surface area (Å²) in [5, 5.41) is 3.05. The van der Waals surface area contributed by atoms with Crippen LogP contribution < -0.4 is 10.1 Å². The van der Waals surface area contributed by atoms with E-state index in [4.69, 9.17) is 9.47 Å². The molecule has 1 N–H and O–H groups in total. The van der Waals surface area contributed by atoms with Crippen LogP contribution >= 0.6 is 0 Å². The topological polar surface area (TPSA) is 94.6 Å². The number of sulfone groups is 1. The second-order valence-electron chi connectivity index (χ2n) is 7.86. The first-order valence-electron chi connectivity index (χ1n) is 9.26. The van der Waals surface area contributed by atoms with Crippen molar-refractivity contribution >= 4 is 15.8 Å². The number of carbonyl (C=O) groups is 1. The Hall–Kier alpha value is -2.45. The predicted molar refractivity (Wildman–Crippen MR) is 111 cm³/mol. The summed E-state index contributed by atoms with van der Waals surface area (Å²) < 4.78 is 34.6. The fourth-order valence-corrected chi connectivity index (χ4v) is 3.08. The van der Waals surface area contributed by atoms with Crippen molar-refractivity contribution in [3.63, 3.8) is 0 Å². The minimum Gasteiger partial charge on any atom is -0.487 e. The number of esters is 1. The third-order valence-electron chi connectivity index (χ3n) is 3.77. The second kappa shape index (κ2) is 9.84. The lowest BCUT2D eigenvalue weighted by Crippen LogP contribution is -2.39. The molecule has 0 aliphatic carbocycles. The molecule has 0 radical (unpaired) electrons. The van der Waals surface area contributed by atoms with Crippen LogP contribution in [0.2, 0.25) is 0 Å². The standard InChI is InChI=1S/C21H28N2O5S/c1-21(2,3)22-12-20(24)28-14-17-10-11-19(18(23-17)15-29(4,25)26)27-13-16-8-6-5-7-9-16/h5-11,22H,12-15H2,1-4H3. The molecule has 0 amide bonds. The molecule has 0 unspecified atom stereocenters. The van der Waals surface area contributed by atoms with Crippen molar-refractivity contribution in [3.05, 3.63) is 59.4 Å². The van der Waals surface area contributed by atoms with Gasteiger partial charge in [-0.15, -0.1) is 0 Å². The molecule has 1 heterocycles. The fraction of sp³-hybridized carbons (Fsp3) is 0.429. The Balaban J connectivity index is 2.06. The third kappa shape index (κ3) is 9.06. The molecule has 1 aromatic carbocycles. The average Bonchev–Trinajstić information content (AvgIpc) is 2.63. The summed E-state index contributed by atoms with van der Waals surface area (Å²) in [7, 11) is -3.32. The molecular weight excluding hydrogens is 392 g/mol. The molecule has 0 saturated heterocycles. The van der Waals surface area contributed by atoms with E-state index in [0.29, 0.717) is 23.7 Å². The molecule has 0 bridgehead atoms. The van der Waals surface area contributed by atoms with E-state index in [1.165, 1.54) is 0 Å². The second-order valence-corrected chi connectivity index (χ2v) is 10.00. The minimum atomic E-state index is -3.32. The predicted octanol–water partition coefficient (Wildman–Crippen LogP) is 2.64. The lowest BCUT2D eigenvalue weighted by Gasteiger charge is -2.19. The van der Waals surface area contributed by atoms with Crippen molar-refractivity contribution in [2.75, 3.05) is 12.8 Å². The van der Waals surface area contributed by atoms with Gasteiger partial charge in [-0.2, -0.15) is 0 Å². The highest BCUT2D eigenvalue weighted by Crippen LogP contribution is 2.21. The number of nitrogens with one attached hydrogen (secondary N) is 1. The van der Waals surface area contributed by atoms with Gasteiger partial charge in [0.05, 0.1) is 23.7 Å². The summed E-state index contributed by atoms with van der Waals surface area (Å²) >= 11 is 0. The maximum absolute atomic E-state index is 11.9. The van der Waals surface area contributed by atoms with Gasteiger partial charge in [0.25, 0.3) is 0 Å². The summed E-state index contributed by atoms with van der Waals surface area (Å²) in [5.74, 6) is -0.274.